The van der Waals surface area contributed by atoms with Gasteiger partial charge >= 0.3 is 0 Å². The van der Waals surface area contributed by atoms with Crippen LogP contribution in [-0.4, -0.2) is 35.0 Å². The Balaban J connectivity index is 1.78. The molecule has 1 aliphatic heterocycles. The summed E-state index contributed by atoms with van der Waals surface area (Å²) in [5, 5.41) is 12.9. The van der Waals surface area contributed by atoms with Crippen LogP contribution in [0.15, 0.2) is 57.7 Å². The van der Waals surface area contributed by atoms with Gasteiger partial charge in [-0.25, -0.2) is 4.98 Å². The van der Waals surface area contributed by atoms with Crippen LogP contribution >= 0.6 is 11.3 Å². The van der Waals surface area contributed by atoms with Gasteiger partial charge in [-0.3, -0.25) is 14.5 Å². The van der Waals surface area contributed by atoms with E-state index in [0.29, 0.717) is 47.1 Å². The molecule has 0 saturated heterocycles. The van der Waals surface area contributed by atoms with Crippen LogP contribution in [0, 0.1) is 12.8 Å². The second kappa shape index (κ2) is 10.4. The Bertz CT molecular complexity index is 1240. The van der Waals surface area contributed by atoms with E-state index in [1.54, 1.807) is 42.8 Å². The fourth-order valence-corrected chi connectivity index (χ4v) is 4.53. The number of nitrogens with zero attached hydrogens (tertiary/aromatic N) is 2. The summed E-state index contributed by atoms with van der Waals surface area (Å²) in [5.41, 5.74) is 0.499. The molecule has 0 bridgehead atoms. The number of aryl methyl sites for hydroxylation is 1. The van der Waals surface area contributed by atoms with Gasteiger partial charge in [0.1, 0.15) is 5.76 Å². The summed E-state index contributed by atoms with van der Waals surface area (Å²) < 4.78 is 17.3. The topological polar surface area (TPSA) is 102 Å². The normalized spacial score (nSPS) is 15.9. The van der Waals surface area contributed by atoms with Gasteiger partial charge in [0.25, 0.3) is 5.91 Å². The number of Topliss-reactive ketones (excluding diaryl/α,β-unsaturated/α-hetero) is 1. The monoisotopic (exact) mass is 496 g/mol. The third-order valence-electron chi connectivity index (χ3n) is 5.58. The van der Waals surface area contributed by atoms with Gasteiger partial charge in [-0.2, -0.15) is 0 Å². The molecule has 1 N–H and O–H groups in total. The zero-order valence-electron chi connectivity index (χ0n) is 20.1. The summed E-state index contributed by atoms with van der Waals surface area (Å²) in [6.45, 7) is 8.77. The molecular formula is C26H28N2O6S. The number of carbonyl (C=O) groups excluding carboxylic acids is 2. The summed E-state index contributed by atoms with van der Waals surface area (Å²) in [5.74, 6) is 0.258. The molecule has 35 heavy (non-hydrogen) atoms. The van der Waals surface area contributed by atoms with Crippen molar-refractivity contribution in [2.75, 3.05) is 18.1 Å². The van der Waals surface area contributed by atoms with Crippen molar-refractivity contribution in [2.45, 2.75) is 40.2 Å². The average molecular weight is 497 g/mol. The summed E-state index contributed by atoms with van der Waals surface area (Å²) in [6.07, 6.45) is 2.45. The van der Waals surface area contributed by atoms with Crippen molar-refractivity contribution in [3.8, 4) is 11.5 Å². The fraction of sp³-hybridized carbons (Fsp3) is 0.346. The molecular weight excluding hydrogens is 468 g/mol. The smallest absolute Gasteiger partial charge is 0.296 e. The first kappa shape index (κ1) is 24.5. The molecule has 1 atom stereocenters. The zero-order valence-corrected chi connectivity index (χ0v) is 20.9. The number of aliphatic hydroxyl groups excluding tert-OH is 1. The van der Waals surface area contributed by atoms with Gasteiger partial charge in [0.05, 0.1) is 24.8 Å². The number of furan rings is 1. The minimum Gasteiger partial charge on any atom is -0.503 e. The molecule has 3 heterocycles. The second-order valence-corrected chi connectivity index (χ2v) is 9.44. The van der Waals surface area contributed by atoms with Crippen LogP contribution < -0.4 is 14.4 Å². The van der Waals surface area contributed by atoms with E-state index in [-0.39, 0.29) is 11.3 Å². The van der Waals surface area contributed by atoms with Crippen LogP contribution in [-0.2, 0) is 4.79 Å². The second-order valence-electron chi connectivity index (χ2n) is 8.56. The van der Waals surface area contributed by atoms with Crippen molar-refractivity contribution in [1.82, 2.24) is 4.98 Å². The lowest BCUT2D eigenvalue weighted by molar-refractivity contribution is -0.117. The molecule has 2 aromatic heterocycles. The SMILES string of the molecule is CCOc1cc(C2C(C(=O)c3ccc(C)o3)=C(O)C(=O)N2c2nccs2)ccc1OCCC(C)C. The minimum absolute atomic E-state index is 0.0431. The van der Waals surface area contributed by atoms with Gasteiger partial charge in [-0.1, -0.05) is 19.9 Å². The molecule has 0 radical (unpaired) electrons. The number of rotatable bonds is 10. The molecule has 8 nitrogen and oxygen atoms in total. The highest BCUT2D eigenvalue weighted by molar-refractivity contribution is 7.13. The first-order chi connectivity index (χ1) is 16.8. The predicted molar refractivity (Wildman–Crippen MR) is 132 cm³/mol. The number of benzene rings is 1. The standard InChI is InChI=1S/C26H28N2O6S/c1-5-32-20-14-17(7-9-18(20)33-12-10-15(2)3)22-21(23(29)19-8-6-16(4)34-19)24(30)25(31)28(22)26-27-11-13-35-26/h6-9,11,13-15,22,30H,5,10,12H2,1-4H3. The number of carbonyl (C=O) groups is 2. The van der Waals surface area contributed by atoms with Crippen LogP contribution in [0.3, 0.4) is 0 Å². The van der Waals surface area contributed by atoms with E-state index in [1.165, 1.54) is 22.3 Å². The summed E-state index contributed by atoms with van der Waals surface area (Å²) in [4.78, 5) is 32.2. The summed E-state index contributed by atoms with van der Waals surface area (Å²) >= 11 is 1.23. The van der Waals surface area contributed by atoms with Gasteiger partial charge in [-0.05, 0) is 56.0 Å². The average Bonchev–Trinajstić information content (AvgIpc) is 3.55. The van der Waals surface area contributed by atoms with Crippen molar-refractivity contribution in [1.29, 1.82) is 0 Å². The Hall–Kier alpha value is -3.59. The maximum absolute atomic E-state index is 13.4. The third kappa shape index (κ3) is 4.95. The molecule has 0 aliphatic carbocycles. The van der Waals surface area contributed by atoms with Crippen molar-refractivity contribution in [2.24, 2.45) is 5.92 Å². The number of amides is 1. The van der Waals surface area contributed by atoms with Gasteiger partial charge in [0, 0.05) is 11.6 Å². The van der Waals surface area contributed by atoms with E-state index in [1.807, 2.05) is 6.92 Å². The summed E-state index contributed by atoms with van der Waals surface area (Å²) in [6, 6.07) is 7.54. The van der Waals surface area contributed by atoms with E-state index in [9.17, 15) is 14.7 Å². The predicted octanol–water partition coefficient (Wildman–Crippen LogP) is 5.65. The van der Waals surface area contributed by atoms with Gasteiger partial charge in [-0.15, -0.1) is 11.3 Å². The van der Waals surface area contributed by atoms with Crippen molar-refractivity contribution >= 4 is 28.2 Å². The number of ketones is 1. The number of hydrogen-bond acceptors (Lipinski definition) is 8. The van der Waals surface area contributed by atoms with Gasteiger partial charge in [0.2, 0.25) is 5.78 Å². The highest BCUT2D eigenvalue weighted by Gasteiger charge is 2.46. The van der Waals surface area contributed by atoms with E-state index in [0.717, 1.165) is 6.42 Å². The Labute approximate surface area is 207 Å². The van der Waals surface area contributed by atoms with Crippen LogP contribution in [0.25, 0.3) is 0 Å². The number of aromatic nitrogens is 1. The Morgan fingerprint density at radius 2 is 2.03 bits per heavy atom. The quantitative estimate of drug-likeness (QED) is 0.362. The first-order valence-electron chi connectivity index (χ1n) is 11.5. The van der Waals surface area contributed by atoms with Crippen molar-refractivity contribution in [3.05, 3.63) is 70.3 Å². The highest BCUT2D eigenvalue weighted by Crippen LogP contribution is 2.44. The van der Waals surface area contributed by atoms with Gasteiger partial charge in [0.15, 0.2) is 28.1 Å². The molecule has 4 rings (SSSR count). The lowest BCUT2D eigenvalue weighted by Crippen LogP contribution is -2.31. The maximum Gasteiger partial charge on any atom is 0.296 e. The molecule has 1 unspecified atom stereocenters. The molecule has 0 saturated carbocycles. The first-order valence-corrected chi connectivity index (χ1v) is 12.4. The molecule has 0 spiro atoms. The van der Waals surface area contributed by atoms with E-state index < -0.39 is 23.5 Å². The highest BCUT2D eigenvalue weighted by atomic mass is 32.1. The van der Waals surface area contributed by atoms with E-state index >= 15 is 0 Å². The summed E-state index contributed by atoms with van der Waals surface area (Å²) in [7, 11) is 0. The van der Waals surface area contributed by atoms with Crippen LogP contribution in [0.1, 0.15) is 55.1 Å². The van der Waals surface area contributed by atoms with Gasteiger partial charge < -0.3 is 19.0 Å². The van der Waals surface area contributed by atoms with Crippen molar-refractivity contribution < 1.29 is 28.6 Å². The largest absolute Gasteiger partial charge is 0.503 e. The Morgan fingerprint density at radius 1 is 1.23 bits per heavy atom. The zero-order chi connectivity index (χ0) is 25.1. The third-order valence-corrected chi connectivity index (χ3v) is 6.35. The lowest BCUT2D eigenvalue weighted by atomic mass is 9.95. The lowest BCUT2D eigenvalue weighted by Gasteiger charge is -2.25. The van der Waals surface area contributed by atoms with Crippen molar-refractivity contribution in [3.63, 3.8) is 0 Å². The molecule has 1 aromatic carbocycles. The molecule has 3 aromatic rings. The minimum atomic E-state index is -0.921. The molecule has 1 aliphatic rings. The van der Waals surface area contributed by atoms with Crippen LogP contribution in [0.4, 0.5) is 5.13 Å². The van der Waals surface area contributed by atoms with E-state index in [4.69, 9.17) is 13.9 Å². The Kier molecular flexibility index (Phi) is 7.25. The number of ether oxygens (including phenoxy) is 2. The number of hydrogen-bond donors (Lipinski definition) is 1. The fourth-order valence-electron chi connectivity index (χ4n) is 3.86. The van der Waals surface area contributed by atoms with Crippen LogP contribution in [0.2, 0.25) is 0 Å². The molecule has 9 heteroatoms. The Morgan fingerprint density at radius 3 is 2.66 bits per heavy atom. The molecule has 184 valence electrons. The van der Waals surface area contributed by atoms with Crippen LogP contribution in [0.5, 0.6) is 11.5 Å². The number of anilines is 1. The number of thiazole rings is 1. The molecule has 1 amide bonds. The maximum atomic E-state index is 13.4. The van der Waals surface area contributed by atoms with E-state index in [2.05, 4.69) is 18.8 Å². The number of aliphatic hydroxyl groups is 1. The molecule has 0 fully saturated rings.